The second-order valence-electron chi connectivity index (χ2n) is 4.77. The SMILES string of the molecule is CSc1cccc(N2CCC(C(F)(F)F)CC2)c1C#N. The van der Waals surface area contributed by atoms with Crippen molar-refractivity contribution in [1.82, 2.24) is 0 Å². The second-order valence-corrected chi connectivity index (χ2v) is 5.62. The molecule has 0 unspecified atom stereocenters. The van der Waals surface area contributed by atoms with Crippen molar-refractivity contribution in [3.8, 4) is 6.07 Å². The molecule has 6 heteroatoms. The van der Waals surface area contributed by atoms with Crippen molar-refractivity contribution in [2.45, 2.75) is 23.9 Å². The molecule has 1 heterocycles. The van der Waals surface area contributed by atoms with Crippen molar-refractivity contribution in [3.05, 3.63) is 23.8 Å². The molecule has 0 saturated carbocycles. The van der Waals surface area contributed by atoms with Crippen molar-refractivity contribution >= 4 is 17.4 Å². The van der Waals surface area contributed by atoms with E-state index in [9.17, 15) is 18.4 Å². The summed E-state index contributed by atoms with van der Waals surface area (Å²) >= 11 is 1.47. The number of thioether (sulfide) groups is 1. The largest absolute Gasteiger partial charge is 0.391 e. The molecule has 0 bridgehead atoms. The lowest BCUT2D eigenvalue weighted by Gasteiger charge is -2.35. The third-order valence-electron chi connectivity index (χ3n) is 3.63. The zero-order valence-corrected chi connectivity index (χ0v) is 11.9. The number of hydrogen-bond donors (Lipinski definition) is 0. The van der Waals surface area contributed by atoms with Gasteiger partial charge in [-0.25, -0.2) is 0 Å². The molecule has 0 spiro atoms. The highest BCUT2D eigenvalue weighted by atomic mass is 32.2. The van der Waals surface area contributed by atoms with Gasteiger partial charge in [-0.15, -0.1) is 11.8 Å². The Balaban J connectivity index is 2.18. The van der Waals surface area contributed by atoms with Crippen LogP contribution in [-0.4, -0.2) is 25.5 Å². The minimum Gasteiger partial charge on any atom is -0.370 e. The molecule has 1 aromatic rings. The van der Waals surface area contributed by atoms with E-state index in [1.54, 1.807) is 0 Å². The molecule has 2 nitrogen and oxygen atoms in total. The van der Waals surface area contributed by atoms with Crippen LogP contribution in [0.25, 0.3) is 0 Å². The minimum atomic E-state index is -4.11. The van der Waals surface area contributed by atoms with E-state index in [-0.39, 0.29) is 12.8 Å². The maximum absolute atomic E-state index is 12.7. The Morgan fingerprint density at radius 3 is 2.45 bits per heavy atom. The van der Waals surface area contributed by atoms with Crippen molar-refractivity contribution in [2.75, 3.05) is 24.2 Å². The number of anilines is 1. The molecule has 0 radical (unpaired) electrons. The molecular weight excluding hydrogens is 285 g/mol. The molecule has 1 fully saturated rings. The average molecular weight is 300 g/mol. The summed E-state index contributed by atoms with van der Waals surface area (Å²) in [6.45, 7) is 0.688. The lowest BCUT2D eigenvalue weighted by atomic mass is 9.95. The van der Waals surface area contributed by atoms with E-state index in [1.807, 2.05) is 29.4 Å². The summed E-state index contributed by atoms with van der Waals surface area (Å²) in [7, 11) is 0. The topological polar surface area (TPSA) is 27.0 Å². The van der Waals surface area contributed by atoms with E-state index in [0.29, 0.717) is 18.7 Å². The van der Waals surface area contributed by atoms with Crippen LogP contribution in [0.3, 0.4) is 0 Å². The summed E-state index contributed by atoms with van der Waals surface area (Å²) in [5.41, 5.74) is 1.31. The van der Waals surface area contributed by atoms with E-state index >= 15 is 0 Å². The Bertz CT molecular complexity index is 514. The quantitative estimate of drug-likeness (QED) is 0.771. The van der Waals surface area contributed by atoms with E-state index in [2.05, 4.69) is 6.07 Å². The molecule has 1 aromatic carbocycles. The number of benzene rings is 1. The van der Waals surface area contributed by atoms with Gasteiger partial charge >= 0.3 is 6.18 Å². The van der Waals surface area contributed by atoms with Gasteiger partial charge in [0, 0.05) is 18.0 Å². The van der Waals surface area contributed by atoms with Crippen molar-refractivity contribution in [3.63, 3.8) is 0 Å². The number of piperidine rings is 1. The Hall–Kier alpha value is -1.35. The first-order valence-electron chi connectivity index (χ1n) is 6.36. The van der Waals surface area contributed by atoms with Gasteiger partial charge < -0.3 is 4.90 Å². The highest BCUT2D eigenvalue weighted by Crippen LogP contribution is 2.37. The monoisotopic (exact) mass is 300 g/mol. The fraction of sp³-hybridized carbons (Fsp3) is 0.500. The lowest BCUT2D eigenvalue weighted by molar-refractivity contribution is -0.179. The molecule has 108 valence electrons. The lowest BCUT2D eigenvalue weighted by Crippen LogP contribution is -2.39. The van der Waals surface area contributed by atoms with Gasteiger partial charge in [-0.05, 0) is 31.2 Å². The molecule has 0 atom stereocenters. The third-order valence-corrected chi connectivity index (χ3v) is 4.41. The normalized spacial score (nSPS) is 17.1. The van der Waals surface area contributed by atoms with Crippen LogP contribution < -0.4 is 4.90 Å². The van der Waals surface area contributed by atoms with Crippen LogP contribution >= 0.6 is 11.8 Å². The summed E-state index contributed by atoms with van der Waals surface area (Å²) in [6.07, 6.45) is -2.03. The van der Waals surface area contributed by atoms with Gasteiger partial charge in [0.2, 0.25) is 0 Å². The molecular formula is C14H15F3N2S. The zero-order valence-electron chi connectivity index (χ0n) is 11.1. The number of alkyl halides is 3. The van der Waals surface area contributed by atoms with E-state index in [1.165, 1.54) is 11.8 Å². The first kappa shape index (κ1) is 15.0. The van der Waals surface area contributed by atoms with E-state index in [0.717, 1.165) is 10.6 Å². The molecule has 0 amide bonds. The fourth-order valence-electron chi connectivity index (χ4n) is 2.51. The Morgan fingerprint density at radius 2 is 1.95 bits per heavy atom. The highest BCUT2D eigenvalue weighted by Gasteiger charge is 2.41. The molecule has 0 N–H and O–H groups in total. The number of rotatable bonds is 2. The number of nitriles is 1. The highest BCUT2D eigenvalue weighted by molar-refractivity contribution is 7.98. The van der Waals surface area contributed by atoms with E-state index < -0.39 is 12.1 Å². The van der Waals surface area contributed by atoms with Crippen molar-refractivity contribution in [1.29, 1.82) is 5.26 Å². The van der Waals surface area contributed by atoms with Gasteiger partial charge in [-0.2, -0.15) is 18.4 Å². The maximum Gasteiger partial charge on any atom is 0.391 e. The zero-order chi connectivity index (χ0) is 14.8. The van der Waals surface area contributed by atoms with Gasteiger partial charge in [0.05, 0.1) is 17.2 Å². The molecule has 1 saturated heterocycles. The standard InChI is InChI=1S/C14H15F3N2S/c1-20-13-4-2-3-12(11(13)9-18)19-7-5-10(6-8-19)14(15,16)17/h2-4,10H,5-8H2,1H3. The van der Waals surface area contributed by atoms with Crippen molar-refractivity contribution < 1.29 is 13.2 Å². The number of nitrogens with zero attached hydrogens (tertiary/aromatic N) is 2. The predicted octanol–water partition coefficient (Wildman–Crippen LogP) is 4.06. The first-order valence-corrected chi connectivity index (χ1v) is 7.58. The van der Waals surface area contributed by atoms with Crippen LogP contribution in [0.5, 0.6) is 0 Å². The Labute approximate surface area is 120 Å². The predicted molar refractivity (Wildman–Crippen MR) is 73.9 cm³/mol. The molecule has 0 aliphatic carbocycles. The third kappa shape index (κ3) is 3.04. The second kappa shape index (κ2) is 5.96. The van der Waals surface area contributed by atoms with Gasteiger partial charge in [0.25, 0.3) is 0 Å². The average Bonchev–Trinajstić information content (AvgIpc) is 2.45. The summed E-state index contributed by atoms with van der Waals surface area (Å²) in [5.74, 6) is -1.21. The first-order chi connectivity index (χ1) is 9.47. The molecule has 1 aliphatic rings. The van der Waals surface area contributed by atoms with Crippen molar-refractivity contribution in [2.24, 2.45) is 5.92 Å². The van der Waals surface area contributed by atoms with Gasteiger partial charge in [-0.3, -0.25) is 0 Å². The minimum absolute atomic E-state index is 0.0951. The smallest absolute Gasteiger partial charge is 0.370 e. The summed E-state index contributed by atoms with van der Waals surface area (Å²) < 4.78 is 38.0. The number of halogens is 3. The molecule has 0 aromatic heterocycles. The van der Waals surface area contributed by atoms with Gasteiger partial charge in [0.1, 0.15) is 6.07 Å². The van der Waals surface area contributed by atoms with Crippen LogP contribution in [0.1, 0.15) is 18.4 Å². The Morgan fingerprint density at radius 1 is 1.30 bits per heavy atom. The van der Waals surface area contributed by atoms with Crippen LogP contribution in [0, 0.1) is 17.2 Å². The van der Waals surface area contributed by atoms with Crippen LogP contribution in [-0.2, 0) is 0 Å². The maximum atomic E-state index is 12.7. The fourth-order valence-corrected chi connectivity index (χ4v) is 3.08. The summed E-state index contributed by atoms with van der Waals surface area (Å²) in [6, 6.07) is 7.68. The Kier molecular flexibility index (Phi) is 4.48. The summed E-state index contributed by atoms with van der Waals surface area (Å²) in [4.78, 5) is 2.75. The summed E-state index contributed by atoms with van der Waals surface area (Å²) in [5, 5.41) is 9.27. The number of hydrogen-bond acceptors (Lipinski definition) is 3. The molecule has 2 rings (SSSR count). The van der Waals surface area contributed by atoms with Gasteiger partial charge in [-0.1, -0.05) is 6.07 Å². The molecule has 1 aliphatic heterocycles. The van der Waals surface area contributed by atoms with Crippen LogP contribution in [0.4, 0.5) is 18.9 Å². The van der Waals surface area contributed by atoms with Crippen LogP contribution in [0.2, 0.25) is 0 Å². The van der Waals surface area contributed by atoms with E-state index in [4.69, 9.17) is 0 Å². The van der Waals surface area contributed by atoms with Crippen LogP contribution in [0.15, 0.2) is 23.1 Å². The molecule has 20 heavy (non-hydrogen) atoms. The van der Waals surface area contributed by atoms with Gasteiger partial charge in [0.15, 0.2) is 0 Å².